The number of rotatable bonds is 9. The summed E-state index contributed by atoms with van der Waals surface area (Å²) >= 11 is 0. The van der Waals surface area contributed by atoms with E-state index in [0.717, 1.165) is 19.6 Å². The molecule has 2 amide bonds. The third kappa shape index (κ3) is 7.25. The van der Waals surface area contributed by atoms with Crippen LogP contribution < -0.4 is 20.1 Å². The molecule has 8 nitrogen and oxygen atoms in total. The number of amides is 2. The van der Waals surface area contributed by atoms with E-state index in [4.69, 9.17) is 14.2 Å². The van der Waals surface area contributed by atoms with Crippen LogP contribution in [0.1, 0.15) is 24.2 Å². The molecule has 1 aliphatic heterocycles. The molecule has 1 saturated heterocycles. The second kappa shape index (κ2) is 11.5. The van der Waals surface area contributed by atoms with Crippen LogP contribution in [0.25, 0.3) is 0 Å². The minimum atomic E-state index is -0.285. The number of nitrogens with zero attached hydrogens (tertiary/aromatic N) is 1. The SMILES string of the molecule is COc1cccc(NC(=O)COc2ccc(C(=O)NCCN3C[C@@H](C)O[C@H](C)C3)cc2)c1. The van der Waals surface area contributed by atoms with Gasteiger partial charge in [0.1, 0.15) is 11.5 Å². The van der Waals surface area contributed by atoms with Crippen LogP contribution in [0.3, 0.4) is 0 Å². The van der Waals surface area contributed by atoms with Crippen molar-refractivity contribution in [2.75, 3.05) is 45.2 Å². The first-order valence-electron chi connectivity index (χ1n) is 10.8. The van der Waals surface area contributed by atoms with Crippen molar-refractivity contribution < 1.29 is 23.8 Å². The molecule has 0 aliphatic carbocycles. The molecule has 1 aliphatic rings. The number of hydrogen-bond acceptors (Lipinski definition) is 6. The zero-order chi connectivity index (χ0) is 22.9. The van der Waals surface area contributed by atoms with Gasteiger partial charge in [-0.05, 0) is 50.2 Å². The molecule has 2 N–H and O–H groups in total. The molecule has 2 aromatic rings. The van der Waals surface area contributed by atoms with Crippen molar-refractivity contribution in [3.8, 4) is 11.5 Å². The zero-order valence-corrected chi connectivity index (χ0v) is 18.8. The summed E-state index contributed by atoms with van der Waals surface area (Å²) in [4.78, 5) is 26.8. The summed E-state index contributed by atoms with van der Waals surface area (Å²) in [6.45, 7) is 7.09. The van der Waals surface area contributed by atoms with E-state index in [1.807, 2.05) is 0 Å². The maximum atomic E-state index is 12.4. The Morgan fingerprint density at radius 1 is 1.06 bits per heavy atom. The third-order valence-corrected chi connectivity index (χ3v) is 5.05. The molecule has 0 aromatic heterocycles. The average Bonchev–Trinajstić information content (AvgIpc) is 2.77. The Bertz CT molecular complexity index is 893. The van der Waals surface area contributed by atoms with Gasteiger partial charge >= 0.3 is 0 Å². The Morgan fingerprint density at radius 3 is 2.47 bits per heavy atom. The van der Waals surface area contributed by atoms with Gasteiger partial charge in [0.2, 0.25) is 0 Å². The van der Waals surface area contributed by atoms with Crippen molar-refractivity contribution in [2.24, 2.45) is 0 Å². The van der Waals surface area contributed by atoms with Crippen LogP contribution in [0, 0.1) is 0 Å². The van der Waals surface area contributed by atoms with Gasteiger partial charge in [-0.1, -0.05) is 6.07 Å². The lowest BCUT2D eigenvalue weighted by Gasteiger charge is -2.35. The van der Waals surface area contributed by atoms with Crippen LogP contribution >= 0.6 is 0 Å². The lowest BCUT2D eigenvalue weighted by Crippen LogP contribution is -2.47. The molecule has 1 heterocycles. The van der Waals surface area contributed by atoms with Gasteiger partial charge in [0, 0.05) is 43.5 Å². The van der Waals surface area contributed by atoms with Gasteiger partial charge in [-0.15, -0.1) is 0 Å². The second-order valence-electron chi connectivity index (χ2n) is 7.87. The molecule has 0 unspecified atom stereocenters. The fraction of sp³-hybridized carbons (Fsp3) is 0.417. The molecule has 0 spiro atoms. The summed E-state index contributed by atoms with van der Waals surface area (Å²) < 4.78 is 16.4. The first-order valence-corrected chi connectivity index (χ1v) is 10.8. The van der Waals surface area contributed by atoms with E-state index in [0.29, 0.717) is 29.3 Å². The Morgan fingerprint density at radius 2 is 1.78 bits per heavy atom. The number of ether oxygens (including phenoxy) is 3. The summed E-state index contributed by atoms with van der Waals surface area (Å²) in [5.41, 5.74) is 1.17. The largest absolute Gasteiger partial charge is 0.497 e. The van der Waals surface area contributed by atoms with E-state index in [1.54, 1.807) is 55.6 Å². The first-order chi connectivity index (χ1) is 15.4. The summed E-state index contributed by atoms with van der Waals surface area (Å²) in [5, 5.41) is 5.70. The first kappa shape index (κ1) is 23.6. The van der Waals surface area contributed by atoms with Crippen molar-refractivity contribution >= 4 is 17.5 Å². The number of anilines is 1. The van der Waals surface area contributed by atoms with Crippen LogP contribution in [0.2, 0.25) is 0 Å². The average molecular weight is 442 g/mol. The van der Waals surface area contributed by atoms with Gasteiger partial charge in [0.05, 0.1) is 19.3 Å². The highest BCUT2D eigenvalue weighted by Gasteiger charge is 2.21. The summed E-state index contributed by atoms with van der Waals surface area (Å²) in [5.74, 6) is 0.749. The molecule has 2 atom stereocenters. The minimum absolute atomic E-state index is 0.137. The van der Waals surface area contributed by atoms with E-state index in [1.165, 1.54) is 0 Å². The lowest BCUT2D eigenvalue weighted by molar-refractivity contribution is -0.118. The zero-order valence-electron chi connectivity index (χ0n) is 18.8. The fourth-order valence-electron chi connectivity index (χ4n) is 3.65. The third-order valence-electron chi connectivity index (χ3n) is 5.05. The standard InChI is InChI=1S/C24H31N3O5/c1-17-14-27(15-18(2)32-17)12-11-25-24(29)19-7-9-21(10-8-19)31-16-23(28)26-20-5-4-6-22(13-20)30-3/h4-10,13,17-18H,11-12,14-16H2,1-3H3,(H,25,29)(H,26,28)/t17-,18-/m1/s1. The van der Waals surface area contributed by atoms with E-state index >= 15 is 0 Å². The maximum Gasteiger partial charge on any atom is 0.262 e. The maximum absolute atomic E-state index is 12.4. The fourth-order valence-corrected chi connectivity index (χ4v) is 3.65. The number of morpholine rings is 1. The van der Waals surface area contributed by atoms with Gasteiger partial charge in [-0.2, -0.15) is 0 Å². The molecule has 32 heavy (non-hydrogen) atoms. The molecule has 172 valence electrons. The van der Waals surface area contributed by atoms with Crippen LogP contribution in [0.5, 0.6) is 11.5 Å². The molecule has 8 heteroatoms. The van der Waals surface area contributed by atoms with Crippen molar-refractivity contribution in [2.45, 2.75) is 26.1 Å². The predicted molar refractivity (Wildman–Crippen MR) is 122 cm³/mol. The van der Waals surface area contributed by atoms with Crippen LogP contribution in [0.4, 0.5) is 5.69 Å². The molecular formula is C24H31N3O5. The predicted octanol–water partition coefficient (Wildman–Crippen LogP) is 2.55. The topological polar surface area (TPSA) is 89.1 Å². The quantitative estimate of drug-likeness (QED) is 0.622. The Kier molecular flexibility index (Phi) is 8.47. The molecule has 0 bridgehead atoms. The highest BCUT2D eigenvalue weighted by Crippen LogP contribution is 2.17. The molecule has 2 aromatic carbocycles. The van der Waals surface area contributed by atoms with Gasteiger partial charge in [-0.25, -0.2) is 0 Å². The highest BCUT2D eigenvalue weighted by atomic mass is 16.5. The van der Waals surface area contributed by atoms with Gasteiger partial charge in [0.25, 0.3) is 11.8 Å². The lowest BCUT2D eigenvalue weighted by atomic mass is 10.2. The molecule has 0 radical (unpaired) electrons. The Balaban J connectivity index is 1.40. The van der Waals surface area contributed by atoms with Gasteiger partial charge in [-0.3, -0.25) is 14.5 Å². The summed E-state index contributed by atoms with van der Waals surface area (Å²) in [7, 11) is 1.57. The summed E-state index contributed by atoms with van der Waals surface area (Å²) in [6.07, 6.45) is 0.416. The van der Waals surface area contributed by atoms with Crippen molar-refractivity contribution in [1.82, 2.24) is 10.2 Å². The number of carbonyl (C=O) groups excluding carboxylic acids is 2. The normalized spacial score (nSPS) is 18.6. The second-order valence-corrected chi connectivity index (χ2v) is 7.87. The van der Waals surface area contributed by atoms with E-state index in [9.17, 15) is 9.59 Å². The van der Waals surface area contributed by atoms with Gasteiger partial charge < -0.3 is 24.8 Å². The van der Waals surface area contributed by atoms with Gasteiger partial charge in [0.15, 0.2) is 6.61 Å². The van der Waals surface area contributed by atoms with E-state index in [2.05, 4.69) is 29.4 Å². The number of benzene rings is 2. The number of hydrogen-bond donors (Lipinski definition) is 2. The van der Waals surface area contributed by atoms with E-state index < -0.39 is 0 Å². The molecule has 1 fully saturated rings. The van der Waals surface area contributed by atoms with Crippen LogP contribution in [0.15, 0.2) is 48.5 Å². The molecular weight excluding hydrogens is 410 g/mol. The van der Waals surface area contributed by atoms with Crippen LogP contribution in [-0.4, -0.2) is 68.8 Å². The smallest absolute Gasteiger partial charge is 0.262 e. The minimum Gasteiger partial charge on any atom is -0.497 e. The number of carbonyl (C=O) groups is 2. The van der Waals surface area contributed by atoms with Crippen molar-refractivity contribution in [3.63, 3.8) is 0 Å². The Labute approximate surface area is 188 Å². The summed E-state index contributed by atoms with van der Waals surface area (Å²) in [6, 6.07) is 13.8. The monoisotopic (exact) mass is 441 g/mol. The molecule has 0 saturated carbocycles. The number of nitrogens with one attached hydrogen (secondary N) is 2. The highest BCUT2D eigenvalue weighted by molar-refractivity contribution is 5.94. The number of methoxy groups -OCH3 is 1. The van der Waals surface area contributed by atoms with Crippen molar-refractivity contribution in [1.29, 1.82) is 0 Å². The Hall–Kier alpha value is -3.10. The van der Waals surface area contributed by atoms with Crippen LogP contribution in [-0.2, 0) is 9.53 Å². The molecule has 3 rings (SSSR count). The van der Waals surface area contributed by atoms with E-state index in [-0.39, 0.29) is 30.6 Å². The van der Waals surface area contributed by atoms with Crippen molar-refractivity contribution in [3.05, 3.63) is 54.1 Å².